The van der Waals surface area contributed by atoms with Gasteiger partial charge in [-0.05, 0) is 36.2 Å². The highest BCUT2D eigenvalue weighted by Gasteiger charge is 2.44. The predicted molar refractivity (Wildman–Crippen MR) is 115 cm³/mol. The highest BCUT2D eigenvalue weighted by molar-refractivity contribution is 6.23. The molecule has 2 saturated heterocycles. The van der Waals surface area contributed by atoms with E-state index in [4.69, 9.17) is 0 Å². The maximum Gasteiger partial charge on any atom is 0.262 e. The number of rotatable bonds is 4. The van der Waals surface area contributed by atoms with Crippen LogP contribution in [0.1, 0.15) is 39.1 Å². The maximum absolute atomic E-state index is 13.1. The Balaban J connectivity index is 1.25. The minimum Gasteiger partial charge on any atom is -0.354 e. The molecule has 1 unspecified atom stereocenters. The monoisotopic (exact) mass is 451 g/mol. The first kappa shape index (κ1) is 21.2. The Kier molecular flexibility index (Phi) is 5.37. The zero-order valence-electron chi connectivity index (χ0n) is 17.8. The van der Waals surface area contributed by atoms with Gasteiger partial charge in [-0.25, -0.2) is 9.37 Å². The molecule has 3 aliphatic rings. The van der Waals surface area contributed by atoms with Crippen LogP contribution in [0, 0.1) is 5.82 Å². The summed E-state index contributed by atoms with van der Waals surface area (Å²) >= 11 is 0. The van der Waals surface area contributed by atoms with E-state index in [1.54, 1.807) is 18.2 Å². The van der Waals surface area contributed by atoms with Crippen LogP contribution in [0.3, 0.4) is 0 Å². The van der Waals surface area contributed by atoms with Gasteiger partial charge in [-0.3, -0.25) is 34.3 Å². The third kappa shape index (κ3) is 3.97. The van der Waals surface area contributed by atoms with Crippen LogP contribution in [-0.2, 0) is 16.1 Å². The van der Waals surface area contributed by atoms with E-state index in [9.17, 15) is 23.6 Å². The average Bonchev–Trinajstić information content (AvgIpc) is 3.05. The number of amides is 4. The molecular formula is C23H22FN5O4. The van der Waals surface area contributed by atoms with Gasteiger partial charge < -0.3 is 4.90 Å². The van der Waals surface area contributed by atoms with Crippen LogP contribution in [-0.4, -0.2) is 70.6 Å². The number of hydrogen-bond acceptors (Lipinski definition) is 7. The lowest BCUT2D eigenvalue weighted by molar-refractivity contribution is -0.136. The highest BCUT2D eigenvalue weighted by atomic mass is 19.1. The number of pyridine rings is 1. The number of anilines is 1. The molecular weight excluding hydrogens is 429 g/mol. The lowest BCUT2D eigenvalue weighted by Crippen LogP contribution is -2.54. The fourth-order valence-electron chi connectivity index (χ4n) is 4.56. The standard InChI is InChI=1S/C23H22FN5O4/c24-15-2-5-19(25-12-15)28-9-7-27(8-10-28)13-14-1-3-16-17(11-14)23(33)29(22(16)32)18-4-6-20(30)26-21(18)31/h1-3,5,11-12,18H,4,6-10,13H2,(H,26,30,31). The number of aromatic nitrogens is 1. The largest absolute Gasteiger partial charge is 0.354 e. The summed E-state index contributed by atoms with van der Waals surface area (Å²) in [5.74, 6) is -1.64. The van der Waals surface area contributed by atoms with Crippen molar-refractivity contribution in [1.82, 2.24) is 20.1 Å². The summed E-state index contributed by atoms with van der Waals surface area (Å²) in [7, 11) is 0. The number of benzene rings is 1. The van der Waals surface area contributed by atoms with E-state index in [1.165, 1.54) is 12.3 Å². The van der Waals surface area contributed by atoms with Gasteiger partial charge in [-0.15, -0.1) is 0 Å². The molecule has 10 heteroatoms. The first-order chi connectivity index (χ1) is 15.9. The molecule has 9 nitrogen and oxygen atoms in total. The Hall–Kier alpha value is -3.66. The van der Waals surface area contributed by atoms with Gasteiger partial charge in [0.25, 0.3) is 11.8 Å². The van der Waals surface area contributed by atoms with Gasteiger partial charge in [-0.2, -0.15) is 0 Å². The van der Waals surface area contributed by atoms with E-state index in [0.29, 0.717) is 6.54 Å². The van der Waals surface area contributed by atoms with Crippen molar-refractivity contribution in [3.63, 3.8) is 0 Å². The lowest BCUT2D eigenvalue weighted by Gasteiger charge is -2.35. The Morgan fingerprint density at radius 3 is 2.42 bits per heavy atom. The number of fused-ring (bicyclic) bond motifs is 1. The summed E-state index contributed by atoms with van der Waals surface area (Å²) < 4.78 is 13.1. The number of imide groups is 2. The molecule has 0 saturated carbocycles. The number of nitrogens with one attached hydrogen (secondary N) is 1. The van der Waals surface area contributed by atoms with Crippen molar-refractivity contribution < 1.29 is 23.6 Å². The van der Waals surface area contributed by atoms with Crippen LogP contribution in [0.25, 0.3) is 0 Å². The molecule has 170 valence electrons. The molecule has 1 N–H and O–H groups in total. The predicted octanol–water partition coefficient (Wildman–Crippen LogP) is 0.944. The molecule has 1 atom stereocenters. The molecule has 0 aliphatic carbocycles. The average molecular weight is 451 g/mol. The fraction of sp³-hybridized carbons (Fsp3) is 0.348. The summed E-state index contributed by atoms with van der Waals surface area (Å²) in [6.45, 7) is 3.63. The second-order valence-electron chi connectivity index (χ2n) is 8.42. The van der Waals surface area contributed by atoms with Crippen LogP contribution >= 0.6 is 0 Å². The van der Waals surface area contributed by atoms with E-state index in [1.807, 2.05) is 6.07 Å². The molecule has 1 aromatic heterocycles. The Labute approximate surface area is 189 Å². The lowest BCUT2D eigenvalue weighted by atomic mass is 10.0. The van der Waals surface area contributed by atoms with Gasteiger partial charge in [0.1, 0.15) is 17.7 Å². The Bertz CT molecular complexity index is 1140. The molecule has 3 aliphatic heterocycles. The zero-order valence-corrected chi connectivity index (χ0v) is 17.8. The van der Waals surface area contributed by atoms with Crippen LogP contribution in [0.2, 0.25) is 0 Å². The SMILES string of the molecule is O=C1CCC(N2C(=O)c3ccc(CN4CCN(c5ccc(F)cn5)CC4)cc3C2=O)C(=O)N1. The number of nitrogens with zero attached hydrogens (tertiary/aromatic N) is 4. The van der Waals surface area contributed by atoms with E-state index >= 15 is 0 Å². The van der Waals surface area contributed by atoms with E-state index in [-0.39, 0.29) is 29.8 Å². The Morgan fingerprint density at radius 2 is 1.73 bits per heavy atom. The number of hydrogen-bond donors (Lipinski definition) is 1. The second kappa shape index (κ2) is 8.36. The number of piperidine rings is 1. The van der Waals surface area contributed by atoms with Crippen molar-refractivity contribution in [1.29, 1.82) is 0 Å². The van der Waals surface area contributed by atoms with Gasteiger partial charge in [-0.1, -0.05) is 6.07 Å². The first-order valence-corrected chi connectivity index (χ1v) is 10.8. The second-order valence-corrected chi connectivity index (χ2v) is 8.42. The maximum atomic E-state index is 13.1. The molecule has 4 amide bonds. The number of carbonyl (C=O) groups excluding carboxylic acids is 4. The molecule has 1 aromatic carbocycles. The topological polar surface area (TPSA) is 103 Å². The van der Waals surface area contributed by atoms with Crippen LogP contribution in [0.15, 0.2) is 36.5 Å². The summed E-state index contributed by atoms with van der Waals surface area (Å²) in [6, 6.07) is 7.28. The van der Waals surface area contributed by atoms with Crippen molar-refractivity contribution in [2.24, 2.45) is 0 Å². The van der Waals surface area contributed by atoms with Crippen LogP contribution < -0.4 is 10.2 Å². The van der Waals surface area contributed by atoms with Crippen molar-refractivity contribution in [2.45, 2.75) is 25.4 Å². The van der Waals surface area contributed by atoms with Crippen molar-refractivity contribution in [3.8, 4) is 0 Å². The number of piperazine rings is 1. The van der Waals surface area contributed by atoms with Gasteiger partial charge in [0.2, 0.25) is 11.8 Å². The normalized spacial score (nSPS) is 21.4. The molecule has 4 heterocycles. The number of halogens is 1. The highest BCUT2D eigenvalue weighted by Crippen LogP contribution is 2.29. The summed E-state index contributed by atoms with van der Waals surface area (Å²) in [6.07, 6.45) is 1.44. The van der Waals surface area contributed by atoms with Crippen molar-refractivity contribution >= 4 is 29.4 Å². The van der Waals surface area contributed by atoms with Crippen molar-refractivity contribution in [3.05, 3.63) is 59.0 Å². The van der Waals surface area contributed by atoms with Crippen molar-refractivity contribution in [2.75, 3.05) is 31.1 Å². The van der Waals surface area contributed by atoms with E-state index in [2.05, 4.69) is 20.1 Å². The molecule has 2 fully saturated rings. The molecule has 33 heavy (non-hydrogen) atoms. The molecule has 0 radical (unpaired) electrons. The van der Waals surface area contributed by atoms with Gasteiger partial charge in [0.15, 0.2) is 0 Å². The van der Waals surface area contributed by atoms with E-state index < -0.39 is 29.7 Å². The summed E-state index contributed by atoms with van der Waals surface area (Å²) in [5, 5.41) is 2.20. The third-order valence-corrected chi connectivity index (χ3v) is 6.32. The van der Waals surface area contributed by atoms with Gasteiger partial charge in [0, 0.05) is 39.1 Å². The summed E-state index contributed by atoms with van der Waals surface area (Å²) in [5.41, 5.74) is 1.46. The smallest absolute Gasteiger partial charge is 0.262 e. The van der Waals surface area contributed by atoms with Crippen LogP contribution in [0.4, 0.5) is 10.2 Å². The quantitative estimate of drug-likeness (QED) is 0.691. The van der Waals surface area contributed by atoms with Crippen LogP contribution in [0.5, 0.6) is 0 Å². The summed E-state index contributed by atoms with van der Waals surface area (Å²) in [4.78, 5) is 58.9. The zero-order chi connectivity index (χ0) is 23.1. The third-order valence-electron chi connectivity index (χ3n) is 6.32. The first-order valence-electron chi connectivity index (χ1n) is 10.8. The minimum absolute atomic E-state index is 0.0917. The number of carbonyl (C=O) groups is 4. The fourth-order valence-corrected chi connectivity index (χ4v) is 4.56. The molecule has 0 spiro atoms. The molecule has 5 rings (SSSR count). The molecule has 2 aromatic rings. The van der Waals surface area contributed by atoms with Gasteiger partial charge >= 0.3 is 0 Å². The Morgan fingerprint density at radius 1 is 0.970 bits per heavy atom. The minimum atomic E-state index is -0.966. The van der Waals surface area contributed by atoms with E-state index in [0.717, 1.165) is 42.5 Å². The molecule has 0 bridgehead atoms. The van der Waals surface area contributed by atoms with Gasteiger partial charge in [0.05, 0.1) is 17.3 Å².